The molecule has 0 atom stereocenters. The number of aryl methyl sites for hydroxylation is 1. The third kappa shape index (κ3) is 1.56. The van der Waals surface area contributed by atoms with E-state index < -0.39 is 0 Å². The van der Waals surface area contributed by atoms with Crippen molar-refractivity contribution in [3.8, 4) is 11.5 Å². The molecule has 0 N–H and O–H groups in total. The first-order valence-electron chi connectivity index (χ1n) is 4.84. The number of nitrogens with zero attached hydrogens (tertiary/aromatic N) is 1. The predicted molar refractivity (Wildman–Crippen MR) is 59.5 cm³/mol. The zero-order valence-electron chi connectivity index (χ0n) is 9.37. The van der Waals surface area contributed by atoms with Crippen molar-refractivity contribution < 1.29 is 13.9 Å². The molecule has 0 saturated heterocycles. The maximum Gasteiger partial charge on any atom is 0.162 e. The quantitative estimate of drug-likeness (QED) is 0.781. The van der Waals surface area contributed by atoms with Crippen LogP contribution in [0.1, 0.15) is 5.56 Å². The first kappa shape index (κ1) is 10.7. The highest BCUT2D eigenvalue weighted by Crippen LogP contribution is 2.32. The Morgan fingerprint density at radius 2 is 1.75 bits per heavy atom. The summed E-state index contributed by atoms with van der Waals surface area (Å²) in [5, 5.41) is 0.442. The van der Waals surface area contributed by atoms with Crippen LogP contribution >= 0.6 is 0 Å². The van der Waals surface area contributed by atoms with Gasteiger partial charge >= 0.3 is 0 Å². The third-order valence-electron chi connectivity index (χ3n) is 2.48. The SMILES string of the molecule is COc1cc2ncc(C)c(F)c2cc1OC. The maximum absolute atomic E-state index is 13.8. The van der Waals surface area contributed by atoms with E-state index in [1.54, 1.807) is 19.1 Å². The summed E-state index contributed by atoms with van der Waals surface area (Å²) in [5.74, 6) is 0.776. The zero-order chi connectivity index (χ0) is 11.7. The normalized spacial score (nSPS) is 10.5. The van der Waals surface area contributed by atoms with Crippen molar-refractivity contribution in [3.05, 3.63) is 29.7 Å². The zero-order valence-corrected chi connectivity index (χ0v) is 9.37. The van der Waals surface area contributed by atoms with E-state index in [1.807, 2.05) is 0 Å². The van der Waals surface area contributed by atoms with Crippen molar-refractivity contribution in [2.75, 3.05) is 14.2 Å². The van der Waals surface area contributed by atoms with Gasteiger partial charge in [-0.15, -0.1) is 0 Å². The number of fused-ring (bicyclic) bond motifs is 1. The van der Waals surface area contributed by atoms with Gasteiger partial charge in [0.15, 0.2) is 11.5 Å². The second-order valence-corrected chi connectivity index (χ2v) is 3.48. The summed E-state index contributed by atoms with van der Waals surface area (Å²) in [6.45, 7) is 1.68. The van der Waals surface area contributed by atoms with Gasteiger partial charge < -0.3 is 9.47 Å². The summed E-state index contributed by atoms with van der Waals surface area (Å²) in [7, 11) is 3.05. The number of ether oxygens (including phenoxy) is 2. The van der Waals surface area contributed by atoms with Gasteiger partial charge in [-0.2, -0.15) is 0 Å². The van der Waals surface area contributed by atoms with Crippen molar-refractivity contribution in [3.63, 3.8) is 0 Å². The molecule has 0 fully saturated rings. The molecule has 0 aliphatic heterocycles. The number of hydrogen-bond acceptors (Lipinski definition) is 3. The van der Waals surface area contributed by atoms with Gasteiger partial charge in [0.1, 0.15) is 5.82 Å². The number of pyridine rings is 1. The first-order chi connectivity index (χ1) is 7.67. The molecule has 0 amide bonds. The summed E-state index contributed by atoms with van der Waals surface area (Å²) in [6, 6.07) is 3.26. The van der Waals surface area contributed by atoms with Crippen LogP contribution in [0.4, 0.5) is 4.39 Å². The molecule has 0 aliphatic carbocycles. The summed E-state index contributed by atoms with van der Waals surface area (Å²) < 4.78 is 24.1. The molecule has 0 bridgehead atoms. The lowest BCUT2D eigenvalue weighted by Crippen LogP contribution is -1.94. The van der Waals surface area contributed by atoms with Crippen LogP contribution in [0.3, 0.4) is 0 Å². The molecule has 4 heteroatoms. The van der Waals surface area contributed by atoms with Gasteiger partial charge in [-0.3, -0.25) is 4.98 Å². The molecular weight excluding hydrogens is 209 g/mol. The maximum atomic E-state index is 13.8. The lowest BCUT2D eigenvalue weighted by Gasteiger charge is -2.09. The Balaban J connectivity index is 2.78. The molecule has 0 saturated carbocycles. The van der Waals surface area contributed by atoms with Crippen molar-refractivity contribution >= 4 is 10.9 Å². The second kappa shape index (κ2) is 3.96. The Kier molecular flexibility index (Phi) is 2.64. The minimum atomic E-state index is -0.272. The van der Waals surface area contributed by atoms with Gasteiger partial charge in [0, 0.05) is 23.2 Å². The predicted octanol–water partition coefficient (Wildman–Crippen LogP) is 2.70. The largest absolute Gasteiger partial charge is 0.493 e. The molecule has 1 heterocycles. The van der Waals surface area contributed by atoms with E-state index in [2.05, 4.69) is 4.98 Å². The molecule has 1 aromatic carbocycles. The first-order valence-corrected chi connectivity index (χ1v) is 4.84. The molecule has 3 nitrogen and oxygen atoms in total. The van der Waals surface area contributed by atoms with Crippen LogP contribution in [0, 0.1) is 12.7 Å². The van der Waals surface area contributed by atoms with E-state index in [9.17, 15) is 4.39 Å². The molecule has 0 radical (unpaired) electrons. The Bertz CT molecular complexity index is 540. The molecule has 2 rings (SSSR count). The molecule has 16 heavy (non-hydrogen) atoms. The highest BCUT2D eigenvalue weighted by atomic mass is 19.1. The van der Waals surface area contributed by atoms with Crippen molar-refractivity contribution in [2.45, 2.75) is 6.92 Å². The summed E-state index contributed by atoms with van der Waals surface area (Å²) in [5.41, 5.74) is 1.07. The lowest BCUT2D eigenvalue weighted by atomic mass is 10.1. The van der Waals surface area contributed by atoms with Gasteiger partial charge in [-0.25, -0.2) is 4.39 Å². The smallest absolute Gasteiger partial charge is 0.162 e. The van der Waals surface area contributed by atoms with E-state index in [1.165, 1.54) is 20.4 Å². The van der Waals surface area contributed by atoms with Crippen LogP contribution in [0.2, 0.25) is 0 Å². The average molecular weight is 221 g/mol. The average Bonchev–Trinajstić information content (AvgIpc) is 2.32. The lowest BCUT2D eigenvalue weighted by molar-refractivity contribution is 0.355. The Morgan fingerprint density at radius 3 is 2.38 bits per heavy atom. The Hall–Kier alpha value is -1.84. The molecule has 0 unspecified atom stereocenters. The van der Waals surface area contributed by atoms with Crippen LogP contribution in [-0.2, 0) is 0 Å². The molecule has 1 aromatic heterocycles. The van der Waals surface area contributed by atoms with Crippen LogP contribution in [0.15, 0.2) is 18.3 Å². The minimum absolute atomic E-state index is 0.272. The van der Waals surface area contributed by atoms with E-state index >= 15 is 0 Å². The number of benzene rings is 1. The highest BCUT2D eigenvalue weighted by molar-refractivity contribution is 5.83. The van der Waals surface area contributed by atoms with Gasteiger partial charge in [-0.05, 0) is 13.0 Å². The van der Waals surface area contributed by atoms with E-state index in [0.717, 1.165) is 0 Å². The number of halogens is 1. The van der Waals surface area contributed by atoms with E-state index in [-0.39, 0.29) is 5.82 Å². The fraction of sp³-hybridized carbons (Fsp3) is 0.250. The third-order valence-corrected chi connectivity index (χ3v) is 2.48. The summed E-state index contributed by atoms with van der Waals surface area (Å²) in [6.07, 6.45) is 1.50. The fourth-order valence-corrected chi connectivity index (χ4v) is 1.59. The standard InChI is InChI=1S/C12H12FNO2/c1-7-6-14-9-5-11(16-3)10(15-2)4-8(9)12(7)13/h4-6H,1-3H3. The molecule has 0 aliphatic rings. The number of methoxy groups -OCH3 is 2. The molecule has 0 spiro atoms. The van der Waals surface area contributed by atoms with Crippen molar-refractivity contribution in [2.24, 2.45) is 0 Å². The highest BCUT2D eigenvalue weighted by Gasteiger charge is 2.11. The number of rotatable bonds is 2. The van der Waals surface area contributed by atoms with Gasteiger partial charge in [0.05, 0.1) is 19.7 Å². The van der Waals surface area contributed by atoms with Crippen LogP contribution in [0.5, 0.6) is 11.5 Å². The van der Waals surface area contributed by atoms with Gasteiger partial charge in [-0.1, -0.05) is 0 Å². The van der Waals surface area contributed by atoms with Gasteiger partial charge in [0.2, 0.25) is 0 Å². The Labute approximate surface area is 92.8 Å². The summed E-state index contributed by atoms with van der Waals surface area (Å²) in [4.78, 5) is 4.15. The molecule has 84 valence electrons. The van der Waals surface area contributed by atoms with Crippen LogP contribution < -0.4 is 9.47 Å². The van der Waals surface area contributed by atoms with Gasteiger partial charge in [0.25, 0.3) is 0 Å². The monoisotopic (exact) mass is 221 g/mol. The van der Waals surface area contributed by atoms with E-state index in [0.29, 0.717) is 28.0 Å². The van der Waals surface area contributed by atoms with Crippen LogP contribution in [0.25, 0.3) is 10.9 Å². The summed E-state index contributed by atoms with van der Waals surface area (Å²) >= 11 is 0. The molecular formula is C12H12FNO2. The van der Waals surface area contributed by atoms with Crippen molar-refractivity contribution in [1.29, 1.82) is 0 Å². The van der Waals surface area contributed by atoms with Crippen molar-refractivity contribution in [1.82, 2.24) is 4.98 Å². The molecule has 2 aromatic rings. The van der Waals surface area contributed by atoms with E-state index in [4.69, 9.17) is 9.47 Å². The number of aromatic nitrogens is 1. The van der Waals surface area contributed by atoms with Crippen LogP contribution in [-0.4, -0.2) is 19.2 Å². The Morgan fingerprint density at radius 1 is 1.12 bits per heavy atom. The topological polar surface area (TPSA) is 31.4 Å². The minimum Gasteiger partial charge on any atom is -0.493 e. The number of hydrogen-bond donors (Lipinski definition) is 0. The second-order valence-electron chi connectivity index (χ2n) is 3.48. The fourth-order valence-electron chi connectivity index (χ4n) is 1.59.